The van der Waals surface area contributed by atoms with Gasteiger partial charge < -0.3 is 10.2 Å². The average Bonchev–Trinajstić information content (AvgIpc) is 2.96. The van der Waals surface area contributed by atoms with Gasteiger partial charge in [0.1, 0.15) is 0 Å². The van der Waals surface area contributed by atoms with Crippen molar-refractivity contribution in [3.05, 3.63) is 35.4 Å². The summed E-state index contributed by atoms with van der Waals surface area (Å²) in [6.07, 6.45) is 8.33. The third kappa shape index (κ3) is 3.67. The molecule has 2 saturated carbocycles. The summed E-state index contributed by atoms with van der Waals surface area (Å²) in [6, 6.07) is 10.5. The van der Waals surface area contributed by atoms with Crippen LogP contribution in [0.15, 0.2) is 24.3 Å². The minimum Gasteiger partial charge on any atom is -0.313 e. The van der Waals surface area contributed by atoms with Gasteiger partial charge in [-0.05, 0) is 56.7 Å². The molecule has 0 radical (unpaired) electrons. The molecule has 0 amide bonds. The third-order valence-corrected chi connectivity index (χ3v) is 5.61. The highest BCUT2D eigenvalue weighted by Gasteiger charge is 2.30. The van der Waals surface area contributed by atoms with Crippen LogP contribution in [0.4, 0.5) is 0 Å². The van der Waals surface area contributed by atoms with E-state index in [1.807, 2.05) is 0 Å². The van der Waals surface area contributed by atoms with Crippen molar-refractivity contribution in [1.29, 1.82) is 0 Å². The molecule has 2 nitrogen and oxygen atoms in total. The number of nitrogens with one attached hydrogen (secondary N) is 1. The van der Waals surface area contributed by atoms with E-state index in [2.05, 4.69) is 48.5 Å². The van der Waals surface area contributed by atoms with Crippen LogP contribution in [0.5, 0.6) is 0 Å². The number of benzene rings is 1. The molecule has 0 unspecified atom stereocenters. The Morgan fingerprint density at radius 3 is 2.57 bits per heavy atom. The van der Waals surface area contributed by atoms with Gasteiger partial charge in [-0.15, -0.1) is 0 Å². The first-order valence-electron chi connectivity index (χ1n) is 8.73. The second kappa shape index (κ2) is 6.93. The Morgan fingerprint density at radius 2 is 1.86 bits per heavy atom. The summed E-state index contributed by atoms with van der Waals surface area (Å²) in [4.78, 5) is 2.57. The van der Waals surface area contributed by atoms with Crippen molar-refractivity contribution in [1.82, 2.24) is 10.2 Å². The second-order valence-corrected chi connectivity index (χ2v) is 7.09. The van der Waals surface area contributed by atoms with Crippen molar-refractivity contribution in [3.8, 4) is 0 Å². The summed E-state index contributed by atoms with van der Waals surface area (Å²) in [7, 11) is 2.30. The third-order valence-electron chi connectivity index (χ3n) is 5.61. The molecule has 116 valence electrons. The molecular weight excluding hydrogens is 256 g/mol. The van der Waals surface area contributed by atoms with Crippen LogP contribution >= 0.6 is 0 Å². The van der Waals surface area contributed by atoms with Crippen LogP contribution in [-0.2, 0) is 0 Å². The summed E-state index contributed by atoms with van der Waals surface area (Å²) >= 11 is 0. The number of hydrogen-bond donors (Lipinski definition) is 1. The highest BCUT2D eigenvalue weighted by Crippen LogP contribution is 2.38. The van der Waals surface area contributed by atoms with Crippen LogP contribution in [0.25, 0.3) is 0 Å². The fraction of sp³-hybridized carbons (Fsp3) is 0.684. The second-order valence-electron chi connectivity index (χ2n) is 7.09. The van der Waals surface area contributed by atoms with E-state index in [1.54, 1.807) is 5.56 Å². The van der Waals surface area contributed by atoms with Gasteiger partial charge >= 0.3 is 0 Å². The number of rotatable bonds is 6. The van der Waals surface area contributed by atoms with Crippen LogP contribution < -0.4 is 5.32 Å². The van der Waals surface area contributed by atoms with E-state index in [4.69, 9.17) is 0 Å². The zero-order valence-corrected chi connectivity index (χ0v) is 13.6. The summed E-state index contributed by atoms with van der Waals surface area (Å²) < 4.78 is 0. The molecule has 0 bridgehead atoms. The van der Waals surface area contributed by atoms with Gasteiger partial charge in [-0.3, -0.25) is 0 Å². The molecule has 0 spiro atoms. The van der Waals surface area contributed by atoms with E-state index < -0.39 is 0 Å². The molecular formula is C19H30N2. The Balaban J connectivity index is 1.35. The Bertz CT molecular complexity index is 445. The highest BCUT2D eigenvalue weighted by molar-refractivity contribution is 5.31. The lowest BCUT2D eigenvalue weighted by atomic mass is 9.74. The fourth-order valence-corrected chi connectivity index (χ4v) is 4.06. The molecule has 0 saturated heterocycles. The lowest BCUT2D eigenvalue weighted by Gasteiger charge is -2.37. The zero-order chi connectivity index (χ0) is 14.7. The summed E-state index contributed by atoms with van der Waals surface area (Å²) in [5, 5.41) is 3.75. The van der Waals surface area contributed by atoms with E-state index in [9.17, 15) is 0 Å². The number of hydrogen-bond acceptors (Lipinski definition) is 2. The lowest BCUT2D eigenvalue weighted by molar-refractivity contribution is 0.225. The van der Waals surface area contributed by atoms with Crippen molar-refractivity contribution in [2.45, 2.75) is 63.5 Å². The van der Waals surface area contributed by atoms with Gasteiger partial charge in [0.25, 0.3) is 0 Å². The van der Waals surface area contributed by atoms with Gasteiger partial charge in [0.05, 0.1) is 0 Å². The summed E-state index contributed by atoms with van der Waals surface area (Å²) in [6.45, 7) is 4.60. The van der Waals surface area contributed by atoms with E-state index in [-0.39, 0.29) is 0 Å². The number of aryl methyl sites for hydroxylation is 1. The van der Waals surface area contributed by atoms with Crippen LogP contribution in [0.3, 0.4) is 0 Å². The maximum atomic E-state index is 3.75. The van der Waals surface area contributed by atoms with Crippen LogP contribution in [0, 0.1) is 6.92 Å². The smallest absolute Gasteiger partial charge is 0.0107 e. The maximum Gasteiger partial charge on any atom is 0.0107 e. The van der Waals surface area contributed by atoms with Crippen molar-refractivity contribution < 1.29 is 0 Å². The maximum absolute atomic E-state index is 3.75. The molecule has 1 aromatic rings. The minimum absolute atomic E-state index is 0.742. The molecule has 21 heavy (non-hydrogen) atoms. The van der Waals surface area contributed by atoms with Gasteiger partial charge in [0.2, 0.25) is 0 Å². The fourth-order valence-electron chi connectivity index (χ4n) is 4.06. The van der Waals surface area contributed by atoms with Crippen molar-refractivity contribution in [2.24, 2.45) is 0 Å². The number of nitrogens with zero attached hydrogens (tertiary/aromatic N) is 1. The Labute approximate surface area is 129 Å². The Kier molecular flexibility index (Phi) is 4.97. The van der Waals surface area contributed by atoms with Crippen LogP contribution in [0.2, 0.25) is 0 Å². The first-order chi connectivity index (χ1) is 10.2. The molecule has 1 N–H and O–H groups in total. The van der Waals surface area contributed by atoms with Gasteiger partial charge in [-0.1, -0.05) is 37.1 Å². The molecule has 0 heterocycles. The molecule has 0 aromatic heterocycles. The standard InChI is InChI=1S/C19H30N2/c1-15-7-3-6-10-19(15)16-13-17(14-16)20-11-12-21(2)18-8-4-5-9-18/h3,6-7,10,16-18,20H,4-5,8-9,11-14H2,1-2H3. The molecule has 0 aliphatic heterocycles. The largest absolute Gasteiger partial charge is 0.313 e. The lowest BCUT2D eigenvalue weighted by Crippen LogP contribution is -2.44. The topological polar surface area (TPSA) is 15.3 Å². The molecule has 1 aromatic carbocycles. The average molecular weight is 286 g/mol. The molecule has 2 heteroatoms. The predicted molar refractivity (Wildman–Crippen MR) is 89.8 cm³/mol. The molecule has 0 atom stereocenters. The molecule has 2 aliphatic carbocycles. The normalized spacial score (nSPS) is 26.2. The quantitative estimate of drug-likeness (QED) is 0.857. The Morgan fingerprint density at radius 1 is 1.14 bits per heavy atom. The molecule has 2 fully saturated rings. The first kappa shape index (κ1) is 15.1. The van der Waals surface area contributed by atoms with Crippen molar-refractivity contribution in [2.75, 3.05) is 20.1 Å². The van der Waals surface area contributed by atoms with Gasteiger partial charge in [0, 0.05) is 25.2 Å². The van der Waals surface area contributed by atoms with E-state index >= 15 is 0 Å². The van der Waals surface area contributed by atoms with Crippen LogP contribution in [0.1, 0.15) is 55.6 Å². The van der Waals surface area contributed by atoms with Gasteiger partial charge in [-0.2, -0.15) is 0 Å². The number of likely N-dealkylation sites (N-methyl/N-ethyl adjacent to an activating group) is 1. The predicted octanol–water partition coefficient (Wildman–Crippen LogP) is 3.71. The monoisotopic (exact) mass is 286 g/mol. The summed E-state index contributed by atoms with van der Waals surface area (Å²) in [5.41, 5.74) is 3.03. The van der Waals surface area contributed by atoms with Gasteiger partial charge in [0.15, 0.2) is 0 Å². The minimum atomic E-state index is 0.742. The van der Waals surface area contributed by atoms with Crippen LogP contribution in [-0.4, -0.2) is 37.1 Å². The highest BCUT2D eigenvalue weighted by atomic mass is 15.1. The van der Waals surface area contributed by atoms with Crippen molar-refractivity contribution in [3.63, 3.8) is 0 Å². The molecule has 2 aliphatic rings. The molecule has 3 rings (SSSR count). The first-order valence-corrected chi connectivity index (χ1v) is 8.73. The van der Waals surface area contributed by atoms with E-state index in [0.29, 0.717) is 0 Å². The Hall–Kier alpha value is -0.860. The van der Waals surface area contributed by atoms with E-state index in [0.717, 1.165) is 24.5 Å². The zero-order valence-electron chi connectivity index (χ0n) is 13.6. The summed E-state index contributed by atoms with van der Waals surface area (Å²) in [5.74, 6) is 0.788. The SMILES string of the molecule is Cc1ccccc1C1CC(NCCN(C)C2CCCC2)C1. The van der Waals surface area contributed by atoms with E-state index in [1.165, 1.54) is 50.6 Å². The van der Waals surface area contributed by atoms with Crippen molar-refractivity contribution >= 4 is 0 Å². The van der Waals surface area contributed by atoms with Gasteiger partial charge in [-0.25, -0.2) is 0 Å².